The molecule has 19 heavy (non-hydrogen) atoms. The zero-order chi connectivity index (χ0) is 14.4. The summed E-state index contributed by atoms with van der Waals surface area (Å²) >= 11 is 5.87. The molecular weight excluding hydrogens is 268 g/mol. The molecule has 5 nitrogen and oxygen atoms in total. The molecular formula is C13H19ClN2O3. The lowest BCUT2D eigenvalue weighted by Gasteiger charge is -2.26. The predicted molar refractivity (Wildman–Crippen MR) is 75.1 cm³/mol. The second kappa shape index (κ2) is 7.31. The molecule has 1 aromatic rings. The van der Waals surface area contributed by atoms with Crippen LogP contribution in [-0.2, 0) is 4.74 Å². The van der Waals surface area contributed by atoms with Gasteiger partial charge in [0.1, 0.15) is 16.5 Å². The van der Waals surface area contributed by atoms with E-state index in [1.165, 1.54) is 12.1 Å². The molecule has 0 unspecified atom stereocenters. The number of ether oxygens (including phenoxy) is 1. The lowest BCUT2D eigenvalue weighted by atomic mass is 10.2. The number of hydrogen-bond acceptors (Lipinski definition) is 4. The Bertz CT molecular complexity index is 438. The summed E-state index contributed by atoms with van der Waals surface area (Å²) in [5.41, 5.74) is 0.154. The first-order valence-electron chi connectivity index (χ1n) is 6.09. The Kier molecular flexibility index (Phi) is 6.05. The zero-order valence-electron chi connectivity index (χ0n) is 11.4. The second-order valence-corrected chi connectivity index (χ2v) is 5.03. The van der Waals surface area contributed by atoms with Gasteiger partial charge < -0.3 is 14.7 Å². The number of hydrogen-bond donors (Lipinski definition) is 1. The number of carboxylic acid groups (broad SMARTS) is 1. The van der Waals surface area contributed by atoms with Crippen LogP contribution in [0.25, 0.3) is 0 Å². The molecule has 0 saturated heterocycles. The highest BCUT2D eigenvalue weighted by atomic mass is 35.5. The standard InChI is InChI=1S/C13H19ClN2O3/c1-9(2)8-16(6-7-19-3)12-10(13(17)18)4-5-11(14)15-12/h4-5,9H,6-8H2,1-3H3,(H,17,18). The van der Waals surface area contributed by atoms with Crippen LogP contribution >= 0.6 is 11.6 Å². The molecule has 1 rings (SSSR count). The van der Waals surface area contributed by atoms with Gasteiger partial charge >= 0.3 is 5.97 Å². The highest BCUT2D eigenvalue weighted by molar-refractivity contribution is 6.29. The van der Waals surface area contributed by atoms with Crippen LogP contribution in [0.15, 0.2) is 12.1 Å². The van der Waals surface area contributed by atoms with Crippen molar-refractivity contribution >= 4 is 23.4 Å². The summed E-state index contributed by atoms with van der Waals surface area (Å²) in [7, 11) is 1.61. The van der Waals surface area contributed by atoms with E-state index in [2.05, 4.69) is 18.8 Å². The largest absolute Gasteiger partial charge is 0.478 e. The number of anilines is 1. The van der Waals surface area contributed by atoms with Crippen molar-refractivity contribution in [2.75, 3.05) is 31.7 Å². The Morgan fingerprint density at radius 3 is 2.74 bits per heavy atom. The summed E-state index contributed by atoms with van der Waals surface area (Å²) < 4.78 is 5.06. The Balaban J connectivity index is 3.11. The SMILES string of the molecule is COCCN(CC(C)C)c1nc(Cl)ccc1C(=O)O. The number of carbonyl (C=O) groups is 1. The van der Waals surface area contributed by atoms with E-state index in [4.69, 9.17) is 16.3 Å². The number of rotatable bonds is 7. The Morgan fingerprint density at radius 2 is 2.21 bits per heavy atom. The maximum atomic E-state index is 11.3. The van der Waals surface area contributed by atoms with Crippen molar-refractivity contribution in [2.45, 2.75) is 13.8 Å². The molecule has 0 aliphatic rings. The van der Waals surface area contributed by atoms with Crippen LogP contribution in [0.4, 0.5) is 5.82 Å². The molecule has 0 atom stereocenters. The lowest BCUT2D eigenvalue weighted by Crippen LogP contribution is -2.33. The van der Waals surface area contributed by atoms with Gasteiger partial charge in [0.05, 0.1) is 6.61 Å². The summed E-state index contributed by atoms with van der Waals surface area (Å²) in [6.07, 6.45) is 0. The van der Waals surface area contributed by atoms with E-state index in [1.54, 1.807) is 7.11 Å². The number of pyridine rings is 1. The topological polar surface area (TPSA) is 62.7 Å². The maximum Gasteiger partial charge on any atom is 0.339 e. The lowest BCUT2D eigenvalue weighted by molar-refractivity contribution is 0.0697. The number of halogens is 1. The fraction of sp³-hybridized carbons (Fsp3) is 0.538. The number of carboxylic acids is 1. The predicted octanol–water partition coefficient (Wildman–Crippen LogP) is 2.54. The van der Waals surface area contributed by atoms with Crippen LogP contribution in [0.3, 0.4) is 0 Å². The van der Waals surface area contributed by atoms with Gasteiger partial charge in [-0.05, 0) is 18.1 Å². The molecule has 0 bridgehead atoms. The van der Waals surface area contributed by atoms with E-state index in [0.717, 1.165) is 0 Å². The van der Waals surface area contributed by atoms with Crippen molar-refractivity contribution in [3.05, 3.63) is 22.8 Å². The monoisotopic (exact) mass is 286 g/mol. The van der Waals surface area contributed by atoms with Crippen LogP contribution in [0.5, 0.6) is 0 Å². The zero-order valence-corrected chi connectivity index (χ0v) is 12.1. The maximum absolute atomic E-state index is 11.3. The first-order valence-corrected chi connectivity index (χ1v) is 6.47. The van der Waals surface area contributed by atoms with Gasteiger partial charge in [-0.15, -0.1) is 0 Å². The highest BCUT2D eigenvalue weighted by Crippen LogP contribution is 2.22. The van der Waals surface area contributed by atoms with Gasteiger partial charge in [0, 0.05) is 20.2 Å². The van der Waals surface area contributed by atoms with Crippen molar-refractivity contribution in [3.63, 3.8) is 0 Å². The fourth-order valence-corrected chi connectivity index (χ4v) is 1.90. The van der Waals surface area contributed by atoms with E-state index in [-0.39, 0.29) is 10.7 Å². The minimum Gasteiger partial charge on any atom is -0.478 e. The van der Waals surface area contributed by atoms with E-state index in [1.807, 2.05) is 4.90 Å². The van der Waals surface area contributed by atoms with Crippen molar-refractivity contribution in [1.29, 1.82) is 0 Å². The first kappa shape index (κ1) is 15.7. The third-order valence-electron chi connectivity index (χ3n) is 2.52. The average molecular weight is 287 g/mol. The summed E-state index contributed by atoms with van der Waals surface area (Å²) in [6, 6.07) is 2.96. The molecule has 1 N–H and O–H groups in total. The van der Waals surface area contributed by atoms with Crippen molar-refractivity contribution < 1.29 is 14.6 Å². The Morgan fingerprint density at radius 1 is 1.53 bits per heavy atom. The van der Waals surface area contributed by atoms with Gasteiger partial charge in [-0.2, -0.15) is 0 Å². The van der Waals surface area contributed by atoms with Crippen molar-refractivity contribution in [1.82, 2.24) is 4.98 Å². The molecule has 6 heteroatoms. The Labute approximate surface area is 118 Å². The van der Waals surface area contributed by atoms with Crippen molar-refractivity contribution in [3.8, 4) is 0 Å². The van der Waals surface area contributed by atoms with Crippen molar-refractivity contribution in [2.24, 2.45) is 5.92 Å². The van der Waals surface area contributed by atoms with Gasteiger partial charge in [-0.1, -0.05) is 25.4 Å². The Hall–Kier alpha value is -1.33. The second-order valence-electron chi connectivity index (χ2n) is 4.64. The quantitative estimate of drug-likeness (QED) is 0.781. The molecule has 0 spiro atoms. The molecule has 1 heterocycles. The van der Waals surface area contributed by atoms with Gasteiger partial charge in [0.15, 0.2) is 0 Å². The fourth-order valence-electron chi connectivity index (χ4n) is 1.76. The summed E-state index contributed by atoms with van der Waals surface area (Å²) in [6.45, 7) is 5.88. The molecule has 0 amide bonds. The molecule has 0 saturated carbocycles. The van der Waals surface area contributed by atoms with Gasteiger partial charge in [0.25, 0.3) is 0 Å². The first-order chi connectivity index (χ1) is 8.95. The normalized spacial score (nSPS) is 10.8. The molecule has 0 radical (unpaired) electrons. The number of aromatic nitrogens is 1. The number of nitrogens with zero attached hydrogens (tertiary/aromatic N) is 2. The van der Waals surface area contributed by atoms with Crippen LogP contribution in [0.2, 0.25) is 5.15 Å². The minimum absolute atomic E-state index is 0.154. The van der Waals surface area contributed by atoms with Crippen LogP contribution in [0, 0.1) is 5.92 Å². The molecule has 0 fully saturated rings. The average Bonchev–Trinajstić information content (AvgIpc) is 2.33. The summed E-state index contributed by atoms with van der Waals surface area (Å²) in [4.78, 5) is 17.3. The third kappa shape index (κ3) is 4.69. The molecule has 0 aliphatic carbocycles. The minimum atomic E-state index is -1.01. The molecule has 0 aromatic carbocycles. The van der Waals surface area contributed by atoms with Gasteiger partial charge in [-0.3, -0.25) is 0 Å². The molecule has 1 aromatic heterocycles. The smallest absolute Gasteiger partial charge is 0.339 e. The summed E-state index contributed by atoms with van der Waals surface area (Å²) in [5.74, 6) is -0.240. The number of methoxy groups -OCH3 is 1. The van der Waals surface area contributed by atoms with Crippen LogP contribution in [0.1, 0.15) is 24.2 Å². The van der Waals surface area contributed by atoms with Crippen LogP contribution in [-0.4, -0.2) is 42.9 Å². The van der Waals surface area contributed by atoms with Gasteiger partial charge in [0.2, 0.25) is 0 Å². The highest BCUT2D eigenvalue weighted by Gasteiger charge is 2.19. The summed E-state index contributed by atoms with van der Waals surface area (Å²) in [5, 5.41) is 9.51. The molecule has 106 valence electrons. The van der Waals surface area contributed by atoms with E-state index < -0.39 is 5.97 Å². The van der Waals surface area contributed by atoms with E-state index in [9.17, 15) is 9.90 Å². The van der Waals surface area contributed by atoms with E-state index >= 15 is 0 Å². The van der Waals surface area contributed by atoms with E-state index in [0.29, 0.717) is 31.4 Å². The number of aromatic carboxylic acids is 1. The van der Waals surface area contributed by atoms with Gasteiger partial charge in [-0.25, -0.2) is 9.78 Å². The third-order valence-corrected chi connectivity index (χ3v) is 2.73. The molecule has 0 aliphatic heterocycles. The van der Waals surface area contributed by atoms with Crippen LogP contribution < -0.4 is 4.90 Å².